The Morgan fingerprint density at radius 3 is 2.44 bits per heavy atom. The van der Waals surface area contributed by atoms with Gasteiger partial charge < -0.3 is 24.6 Å². The van der Waals surface area contributed by atoms with E-state index in [0.717, 1.165) is 12.0 Å². The van der Waals surface area contributed by atoms with Crippen LogP contribution in [0.25, 0.3) is 0 Å². The summed E-state index contributed by atoms with van der Waals surface area (Å²) in [5, 5.41) is 17.8. The summed E-state index contributed by atoms with van der Waals surface area (Å²) in [5.41, 5.74) is 3.56. The Balaban J connectivity index is 1.87. The molecule has 0 bridgehead atoms. The van der Waals surface area contributed by atoms with E-state index >= 15 is 0 Å². The van der Waals surface area contributed by atoms with Gasteiger partial charge in [0.2, 0.25) is 12.7 Å². The summed E-state index contributed by atoms with van der Waals surface area (Å²) < 4.78 is 43.2. The van der Waals surface area contributed by atoms with Crippen molar-refractivity contribution < 1.29 is 37.3 Å². The fourth-order valence-corrected chi connectivity index (χ4v) is 6.81. The highest BCUT2D eigenvalue weighted by molar-refractivity contribution is 7.92. The Morgan fingerprint density at radius 2 is 1.78 bits per heavy atom. The maximum atomic E-state index is 13.8. The van der Waals surface area contributed by atoms with Gasteiger partial charge in [-0.2, -0.15) is 0 Å². The predicted molar refractivity (Wildman–Crippen MR) is 170 cm³/mol. The number of aliphatic hydroxyl groups excluding tert-OH is 1. The molecule has 0 saturated heterocycles. The minimum absolute atomic E-state index is 0.0195. The van der Waals surface area contributed by atoms with Gasteiger partial charge in [-0.15, -0.1) is 0 Å². The van der Waals surface area contributed by atoms with Crippen molar-refractivity contribution >= 4 is 21.7 Å². The molecule has 250 valence electrons. The number of hydrazine groups is 1. The number of sulfone groups is 1. The average Bonchev–Trinajstić information content (AvgIpc) is 3.49. The number of nitrogens with zero attached hydrogens (tertiary/aromatic N) is 1. The van der Waals surface area contributed by atoms with Crippen LogP contribution in [0.15, 0.2) is 53.4 Å². The summed E-state index contributed by atoms with van der Waals surface area (Å²) >= 11 is 0. The molecule has 3 rings (SSSR count). The number of amides is 2. The minimum Gasteiger partial charge on any atom is -0.454 e. The number of rotatable bonds is 18. The molecule has 2 amide bonds. The Kier molecular flexibility index (Phi) is 14.1. The van der Waals surface area contributed by atoms with Crippen LogP contribution in [-0.2, 0) is 30.6 Å². The molecule has 0 aliphatic carbocycles. The predicted octanol–water partition coefficient (Wildman–Crippen LogP) is 2.26. The van der Waals surface area contributed by atoms with Crippen LogP contribution in [0.2, 0.25) is 0 Å². The molecule has 45 heavy (non-hydrogen) atoms. The Hall–Kier alpha value is -3.23. The molecule has 12 nitrogen and oxygen atoms in total. The van der Waals surface area contributed by atoms with Crippen molar-refractivity contribution in [2.45, 2.75) is 69.4 Å². The van der Waals surface area contributed by atoms with E-state index in [-0.39, 0.29) is 55.4 Å². The lowest BCUT2D eigenvalue weighted by atomic mass is 9.98. The van der Waals surface area contributed by atoms with Gasteiger partial charge in [0, 0.05) is 32.7 Å². The lowest BCUT2D eigenvalue weighted by Crippen LogP contribution is -2.60. The molecule has 0 radical (unpaired) electrons. The highest BCUT2D eigenvalue weighted by Crippen LogP contribution is 2.35. The third kappa shape index (κ3) is 10.4. The van der Waals surface area contributed by atoms with Gasteiger partial charge >= 0.3 is 0 Å². The van der Waals surface area contributed by atoms with E-state index in [9.17, 15) is 23.1 Å². The van der Waals surface area contributed by atoms with Crippen molar-refractivity contribution in [1.29, 1.82) is 0 Å². The van der Waals surface area contributed by atoms with Crippen molar-refractivity contribution in [3.8, 4) is 11.5 Å². The maximum absolute atomic E-state index is 13.8. The van der Waals surface area contributed by atoms with Gasteiger partial charge in [-0.1, -0.05) is 64.4 Å². The standard InChI is InChI=1S/C32H48N4O8S/c1-6-23(4)16-31(39)36(35-30(38)20-33-14-15-42-5)26(17-24-10-8-7-9-11-24)27(37)19-34-32(22(2)3)45(40,41)25-12-13-28-29(18-25)44-21-43-28/h7-13,18,22-23,26-27,32-34,37H,6,14-17,19-21H2,1-5H3,(H,35,38)/t23-,26?,27+,32?/m0/s1. The molecular formula is C32H48N4O8S. The first-order valence-corrected chi connectivity index (χ1v) is 16.9. The summed E-state index contributed by atoms with van der Waals surface area (Å²) in [6, 6.07) is 12.9. The first-order chi connectivity index (χ1) is 21.5. The van der Waals surface area contributed by atoms with Crippen molar-refractivity contribution in [1.82, 2.24) is 21.1 Å². The van der Waals surface area contributed by atoms with Gasteiger partial charge in [-0.05, 0) is 36.0 Å². The van der Waals surface area contributed by atoms with Crippen molar-refractivity contribution in [2.75, 3.05) is 40.1 Å². The number of hydrogen-bond acceptors (Lipinski definition) is 10. The smallest absolute Gasteiger partial charge is 0.252 e. The summed E-state index contributed by atoms with van der Waals surface area (Å²) in [6.07, 6.45) is -0.116. The molecule has 0 aromatic heterocycles. The normalized spacial score (nSPS) is 15.4. The molecule has 2 unspecified atom stereocenters. The minimum atomic E-state index is -3.92. The van der Waals surface area contributed by atoms with Crippen LogP contribution in [0, 0.1) is 11.8 Å². The van der Waals surface area contributed by atoms with Gasteiger partial charge in [-0.3, -0.25) is 20.3 Å². The lowest BCUT2D eigenvalue weighted by Gasteiger charge is -2.36. The van der Waals surface area contributed by atoms with Crippen molar-refractivity contribution in [3.63, 3.8) is 0 Å². The number of ether oxygens (including phenoxy) is 3. The molecule has 2 aromatic rings. The SMILES string of the molecule is CC[C@H](C)CC(=O)N(NC(=O)CNCCOC)C(Cc1ccccc1)[C@H](O)CNC(C(C)C)S(=O)(=O)c1ccc2c(c1)OCO2. The number of fused-ring (bicyclic) bond motifs is 1. The molecular weight excluding hydrogens is 600 g/mol. The molecule has 13 heteroatoms. The van der Waals surface area contributed by atoms with Crippen molar-refractivity contribution in [2.24, 2.45) is 11.8 Å². The van der Waals surface area contributed by atoms with Crippen LogP contribution < -0.4 is 25.5 Å². The number of benzene rings is 2. The van der Waals surface area contributed by atoms with E-state index in [1.165, 1.54) is 17.1 Å². The number of hydrogen-bond donors (Lipinski definition) is 4. The monoisotopic (exact) mass is 648 g/mol. The van der Waals surface area contributed by atoms with Gasteiger partial charge in [0.1, 0.15) is 5.37 Å². The number of aliphatic hydroxyl groups is 1. The van der Waals surface area contributed by atoms with Gasteiger partial charge in [0.15, 0.2) is 21.3 Å². The number of carbonyl (C=O) groups excluding carboxylic acids is 2. The number of methoxy groups -OCH3 is 1. The highest BCUT2D eigenvalue weighted by atomic mass is 32.2. The van der Waals surface area contributed by atoms with Crippen LogP contribution in [0.4, 0.5) is 0 Å². The van der Waals surface area contributed by atoms with Gasteiger partial charge in [0.05, 0.1) is 30.2 Å². The first-order valence-electron chi connectivity index (χ1n) is 15.4. The van der Waals surface area contributed by atoms with Crippen LogP contribution in [0.1, 0.15) is 46.1 Å². The lowest BCUT2D eigenvalue weighted by molar-refractivity contribution is -0.148. The Bertz CT molecular complexity index is 1340. The van der Waals surface area contributed by atoms with Crippen LogP contribution in [0.5, 0.6) is 11.5 Å². The quantitative estimate of drug-likeness (QED) is 0.140. The number of carbonyl (C=O) groups is 2. The molecule has 4 N–H and O–H groups in total. The molecule has 4 atom stereocenters. The first kappa shape index (κ1) is 36.2. The second-order valence-corrected chi connectivity index (χ2v) is 13.7. The Morgan fingerprint density at radius 1 is 1.07 bits per heavy atom. The Labute approximate surface area is 266 Å². The van der Waals surface area contributed by atoms with E-state index in [4.69, 9.17) is 14.2 Å². The van der Waals surface area contributed by atoms with E-state index < -0.39 is 33.3 Å². The third-order valence-corrected chi connectivity index (χ3v) is 10.00. The molecule has 0 fully saturated rings. The third-order valence-electron chi connectivity index (χ3n) is 7.71. The zero-order chi connectivity index (χ0) is 33.0. The molecule has 1 aliphatic rings. The average molecular weight is 649 g/mol. The fourth-order valence-electron chi connectivity index (χ4n) is 4.95. The van der Waals surface area contributed by atoms with Crippen LogP contribution in [0.3, 0.4) is 0 Å². The van der Waals surface area contributed by atoms with E-state index in [0.29, 0.717) is 24.7 Å². The summed E-state index contributed by atoms with van der Waals surface area (Å²) in [6.45, 7) is 8.12. The zero-order valence-corrected chi connectivity index (χ0v) is 27.6. The van der Waals surface area contributed by atoms with E-state index in [2.05, 4.69) is 16.1 Å². The largest absolute Gasteiger partial charge is 0.454 e. The zero-order valence-electron chi connectivity index (χ0n) is 26.8. The second-order valence-electron chi connectivity index (χ2n) is 11.6. The molecule has 0 spiro atoms. The van der Waals surface area contributed by atoms with Crippen LogP contribution in [-0.4, -0.2) is 88.0 Å². The topological polar surface area (TPSA) is 156 Å². The summed E-state index contributed by atoms with van der Waals surface area (Å²) in [5.74, 6) is -0.303. The number of nitrogens with one attached hydrogen (secondary N) is 3. The summed E-state index contributed by atoms with van der Waals surface area (Å²) in [4.78, 5) is 26.7. The second kappa shape index (κ2) is 17.5. The van der Waals surface area contributed by atoms with Crippen LogP contribution >= 0.6 is 0 Å². The molecule has 2 aromatic carbocycles. The summed E-state index contributed by atoms with van der Waals surface area (Å²) in [7, 11) is -2.36. The molecule has 0 saturated carbocycles. The highest BCUT2D eigenvalue weighted by Gasteiger charge is 2.36. The van der Waals surface area contributed by atoms with E-state index in [1.54, 1.807) is 27.0 Å². The van der Waals surface area contributed by atoms with E-state index in [1.807, 2.05) is 44.2 Å². The molecule has 1 heterocycles. The maximum Gasteiger partial charge on any atom is 0.252 e. The molecule has 1 aliphatic heterocycles. The van der Waals surface area contributed by atoms with Gasteiger partial charge in [-0.25, -0.2) is 13.4 Å². The van der Waals surface area contributed by atoms with Crippen molar-refractivity contribution in [3.05, 3.63) is 54.1 Å². The fraction of sp³-hybridized carbons (Fsp3) is 0.562. The van der Waals surface area contributed by atoms with Gasteiger partial charge in [0.25, 0.3) is 5.91 Å².